The lowest BCUT2D eigenvalue weighted by Crippen LogP contribution is -2.45. The third kappa shape index (κ3) is 3.61. The normalized spacial score (nSPS) is 14.1. The molecule has 0 saturated heterocycles. The highest BCUT2D eigenvalue weighted by atomic mass is 32.1. The van der Waals surface area contributed by atoms with Gasteiger partial charge < -0.3 is 10.2 Å². The minimum absolute atomic E-state index is 0.1000. The van der Waals surface area contributed by atoms with Gasteiger partial charge in [-0.25, -0.2) is 4.98 Å². The standard InChI is InChI=1S/C21H19N3O2S/c1-14-13-27-21(22-14)23-19(25)18(11-15-7-3-2-4-8-15)24-12-16-9-5-6-10-17(16)20(24)26/h2-10,13,18H,11-12H2,1H3,(H,22,23,25). The van der Waals surface area contributed by atoms with Crippen molar-refractivity contribution in [3.8, 4) is 0 Å². The molecule has 5 nitrogen and oxygen atoms in total. The number of hydrogen-bond acceptors (Lipinski definition) is 4. The van der Waals surface area contributed by atoms with Crippen LogP contribution in [0.4, 0.5) is 5.13 Å². The van der Waals surface area contributed by atoms with Gasteiger partial charge in [0, 0.05) is 23.9 Å². The number of amides is 2. The summed E-state index contributed by atoms with van der Waals surface area (Å²) in [6, 6.07) is 16.7. The molecule has 4 rings (SSSR count). The Kier molecular flexibility index (Phi) is 4.73. The van der Waals surface area contributed by atoms with E-state index in [-0.39, 0.29) is 11.8 Å². The van der Waals surface area contributed by atoms with E-state index in [1.165, 1.54) is 11.3 Å². The fourth-order valence-corrected chi connectivity index (χ4v) is 4.00. The van der Waals surface area contributed by atoms with E-state index in [9.17, 15) is 9.59 Å². The monoisotopic (exact) mass is 377 g/mol. The number of carbonyl (C=O) groups is 2. The zero-order valence-electron chi connectivity index (χ0n) is 14.9. The highest BCUT2D eigenvalue weighted by Crippen LogP contribution is 2.27. The van der Waals surface area contributed by atoms with E-state index in [4.69, 9.17) is 0 Å². The summed E-state index contributed by atoms with van der Waals surface area (Å²) >= 11 is 1.39. The van der Waals surface area contributed by atoms with Crippen molar-refractivity contribution in [3.05, 3.63) is 82.4 Å². The molecule has 136 valence electrons. The second kappa shape index (κ2) is 7.32. The van der Waals surface area contributed by atoms with Crippen LogP contribution >= 0.6 is 11.3 Å². The van der Waals surface area contributed by atoms with Gasteiger partial charge in [-0.1, -0.05) is 48.5 Å². The molecule has 1 N–H and O–H groups in total. The Bertz CT molecular complexity index is 984. The largest absolute Gasteiger partial charge is 0.322 e. The number of fused-ring (bicyclic) bond motifs is 1. The number of thiazole rings is 1. The lowest BCUT2D eigenvalue weighted by Gasteiger charge is -2.26. The molecule has 3 aromatic rings. The Hall–Kier alpha value is -2.99. The summed E-state index contributed by atoms with van der Waals surface area (Å²) in [7, 11) is 0. The third-order valence-corrected chi connectivity index (χ3v) is 5.52. The maximum atomic E-state index is 13.1. The summed E-state index contributed by atoms with van der Waals surface area (Å²) in [4.78, 5) is 32.0. The van der Waals surface area contributed by atoms with Gasteiger partial charge in [-0.3, -0.25) is 9.59 Å². The Labute approximate surface area is 161 Å². The highest BCUT2D eigenvalue weighted by Gasteiger charge is 2.36. The molecule has 0 aliphatic carbocycles. The van der Waals surface area contributed by atoms with Crippen molar-refractivity contribution in [1.82, 2.24) is 9.88 Å². The first-order chi connectivity index (χ1) is 13.1. The van der Waals surface area contributed by atoms with Crippen molar-refractivity contribution in [2.75, 3.05) is 5.32 Å². The molecule has 0 fully saturated rings. The fourth-order valence-electron chi connectivity index (χ4n) is 3.31. The third-order valence-electron chi connectivity index (χ3n) is 4.65. The number of carbonyl (C=O) groups excluding carboxylic acids is 2. The van der Waals surface area contributed by atoms with Gasteiger partial charge in [0.1, 0.15) is 6.04 Å². The lowest BCUT2D eigenvalue weighted by molar-refractivity contribution is -0.120. The van der Waals surface area contributed by atoms with Gasteiger partial charge in [-0.2, -0.15) is 0 Å². The number of nitrogens with one attached hydrogen (secondary N) is 1. The number of aryl methyl sites for hydroxylation is 1. The molecule has 0 spiro atoms. The minimum atomic E-state index is -0.600. The predicted molar refractivity (Wildman–Crippen MR) is 106 cm³/mol. The second-order valence-corrected chi connectivity index (χ2v) is 7.44. The first-order valence-corrected chi connectivity index (χ1v) is 9.65. The molecule has 1 aromatic heterocycles. The molecular weight excluding hydrogens is 358 g/mol. The number of aromatic nitrogens is 1. The molecule has 6 heteroatoms. The molecular formula is C21H19N3O2S. The van der Waals surface area contributed by atoms with Crippen LogP contribution in [0.2, 0.25) is 0 Å². The van der Waals surface area contributed by atoms with Crippen LogP contribution in [0.25, 0.3) is 0 Å². The molecule has 1 aliphatic heterocycles. The summed E-state index contributed by atoms with van der Waals surface area (Å²) < 4.78 is 0. The van der Waals surface area contributed by atoms with Crippen molar-refractivity contribution in [1.29, 1.82) is 0 Å². The lowest BCUT2D eigenvalue weighted by atomic mass is 10.0. The van der Waals surface area contributed by atoms with Crippen molar-refractivity contribution in [2.45, 2.75) is 25.9 Å². The molecule has 0 radical (unpaired) electrons. The van der Waals surface area contributed by atoms with E-state index in [2.05, 4.69) is 10.3 Å². The Morgan fingerprint density at radius 1 is 1.19 bits per heavy atom. The van der Waals surface area contributed by atoms with Crippen molar-refractivity contribution < 1.29 is 9.59 Å². The summed E-state index contributed by atoms with van der Waals surface area (Å²) in [6.45, 7) is 2.32. The molecule has 0 saturated carbocycles. The van der Waals surface area contributed by atoms with Gasteiger partial charge >= 0.3 is 0 Å². The Morgan fingerprint density at radius 3 is 2.63 bits per heavy atom. The van der Waals surface area contributed by atoms with Crippen molar-refractivity contribution >= 4 is 28.3 Å². The minimum Gasteiger partial charge on any atom is -0.322 e. The van der Waals surface area contributed by atoms with Crippen molar-refractivity contribution in [2.24, 2.45) is 0 Å². The van der Waals surface area contributed by atoms with E-state index in [1.54, 1.807) is 4.90 Å². The molecule has 27 heavy (non-hydrogen) atoms. The first kappa shape index (κ1) is 17.4. The molecule has 0 bridgehead atoms. The number of rotatable bonds is 5. The van der Waals surface area contributed by atoms with Crippen LogP contribution in [0.1, 0.15) is 27.2 Å². The quantitative estimate of drug-likeness (QED) is 0.738. The molecule has 2 aromatic carbocycles. The van der Waals surface area contributed by atoms with Gasteiger partial charge in [0.15, 0.2) is 5.13 Å². The molecule has 1 unspecified atom stereocenters. The van der Waals surface area contributed by atoms with E-state index in [0.29, 0.717) is 23.7 Å². The predicted octanol–water partition coefficient (Wildman–Crippen LogP) is 3.66. The average molecular weight is 377 g/mol. The zero-order valence-corrected chi connectivity index (χ0v) is 15.7. The van der Waals surface area contributed by atoms with Crippen LogP contribution in [0.5, 0.6) is 0 Å². The molecule has 1 atom stereocenters. The van der Waals surface area contributed by atoms with Crippen LogP contribution in [0.3, 0.4) is 0 Å². The van der Waals surface area contributed by atoms with Gasteiger partial charge in [0.2, 0.25) is 5.91 Å². The maximum absolute atomic E-state index is 13.1. The zero-order chi connectivity index (χ0) is 18.8. The summed E-state index contributed by atoms with van der Waals surface area (Å²) in [6.07, 6.45) is 0.455. The fraction of sp³-hybridized carbons (Fsp3) is 0.190. The Balaban J connectivity index is 1.62. The van der Waals surface area contributed by atoms with Crippen molar-refractivity contribution in [3.63, 3.8) is 0 Å². The van der Waals surface area contributed by atoms with E-state index in [1.807, 2.05) is 66.9 Å². The van der Waals surface area contributed by atoms with Crippen LogP contribution < -0.4 is 5.32 Å². The summed E-state index contributed by atoms with van der Waals surface area (Å²) in [5.74, 6) is -0.314. The Morgan fingerprint density at radius 2 is 1.93 bits per heavy atom. The number of nitrogens with zero attached hydrogens (tertiary/aromatic N) is 2. The van der Waals surface area contributed by atoms with Gasteiger partial charge in [0.25, 0.3) is 5.91 Å². The van der Waals surface area contributed by atoms with Crippen LogP contribution in [-0.2, 0) is 17.8 Å². The summed E-state index contributed by atoms with van der Waals surface area (Å²) in [5.41, 5.74) is 3.50. The molecule has 1 aliphatic rings. The topological polar surface area (TPSA) is 62.3 Å². The second-order valence-electron chi connectivity index (χ2n) is 6.58. The number of benzene rings is 2. The van der Waals surface area contributed by atoms with Crippen LogP contribution in [0.15, 0.2) is 60.0 Å². The van der Waals surface area contributed by atoms with Gasteiger partial charge in [-0.15, -0.1) is 11.3 Å². The number of hydrogen-bond donors (Lipinski definition) is 1. The average Bonchev–Trinajstić information content (AvgIpc) is 3.24. The highest BCUT2D eigenvalue weighted by molar-refractivity contribution is 7.13. The smallest absolute Gasteiger partial charge is 0.255 e. The van der Waals surface area contributed by atoms with E-state index < -0.39 is 6.04 Å². The number of anilines is 1. The molecule has 2 heterocycles. The SMILES string of the molecule is Cc1csc(NC(=O)C(Cc2ccccc2)N2Cc3ccccc3C2=O)n1. The van der Waals surface area contributed by atoms with Gasteiger partial charge in [0.05, 0.1) is 5.69 Å². The van der Waals surface area contributed by atoms with Gasteiger partial charge in [-0.05, 0) is 24.1 Å². The summed E-state index contributed by atoms with van der Waals surface area (Å²) in [5, 5.41) is 5.32. The van der Waals surface area contributed by atoms with E-state index >= 15 is 0 Å². The molecule has 2 amide bonds. The van der Waals surface area contributed by atoms with E-state index in [0.717, 1.165) is 16.8 Å². The first-order valence-electron chi connectivity index (χ1n) is 8.77. The maximum Gasteiger partial charge on any atom is 0.255 e. The van der Waals surface area contributed by atoms with Crippen LogP contribution in [-0.4, -0.2) is 27.7 Å². The van der Waals surface area contributed by atoms with Crippen LogP contribution in [0, 0.1) is 6.92 Å².